The van der Waals surface area contributed by atoms with Gasteiger partial charge in [-0.1, -0.05) is 6.07 Å². The van der Waals surface area contributed by atoms with E-state index in [1.54, 1.807) is 18.5 Å². The lowest BCUT2D eigenvalue weighted by Crippen LogP contribution is -2.17. The Morgan fingerprint density at radius 1 is 1.33 bits per heavy atom. The van der Waals surface area contributed by atoms with Crippen LogP contribution in [0.1, 0.15) is 38.6 Å². The van der Waals surface area contributed by atoms with E-state index in [1.807, 2.05) is 13.0 Å². The number of nitrogens with zero attached hydrogens (tertiary/aromatic N) is 1. The van der Waals surface area contributed by atoms with Gasteiger partial charge in [-0.25, -0.2) is 0 Å². The molecule has 1 atom stereocenters. The van der Waals surface area contributed by atoms with E-state index in [9.17, 15) is 9.59 Å². The van der Waals surface area contributed by atoms with E-state index in [-0.39, 0.29) is 22.2 Å². The van der Waals surface area contributed by atoms with Crippen molar-refractivity contribution >= 4 is 33.8 Å². The topological polar surface area (TPSA) is 137 Å². The fourth-order valence-electron chi connectivity index (χ4n) is 1.89. The minimum Gasteiger partial charge on any atom is -0.397 e. The predicted octanol–water partition coefficient (Wildman–Crippen LogP) is 1.10. The van der Waals surface area contributed by atoms with E-state index in [0.717, 1.165) is 16.9 Å². The highest BCUT2D eigenvalue weighted by Gasteiger charge is 2.24. The molecular formula is C13H15N5O2S. The fourth-order valence-corrected chi connectivity index (χ4v) is 2.95. The number of pyridine rings is 1. The smallest absolute Gasteiger partial charge is 0.260 e. The third-order valence-corrected chi connectivity index (χ3v) is 4.10. The molecule has 0 radical (unpaired) electrons. The first-order valence-corrected chi connectivity index (χ1v) is 6.91. The lowest BCUT2D eigenvalue weighted by Gasteiger charge is -2.14. The number of amides is 2. The standard InChI is InChI=1S/C13H15N5O2S/c1-6(7-3-2-4-17-5-7)18-13-8(11(15)19)9(14)10(21-13)12(16)20/h2-6,18H,14H2,1H3,(H2,15,19)(H2,16,20). The van der Waals surface area contributed by atoms with Crippen LogP contribution in [0.15, 0.2) is 24.5 Å². The number of rotatable bonds is 5. The molecule has 0 aliphatic heterocycles. The highest BCUT2D eigenvalue weighted by Crippen LogP contribution is 2.37. The molecule has 2 aromatic heterocycles. The summed E-state index contributed by atoms with van der Waals surface area (Å²) >= 11 is 1.01. The Balaban J connectivity index is 2.38. The van der Waals surface area contributed by atoms with Gasteiger partial charge in [0.2, 0.25) is 0 Å². The van der Waals surface area contributed by atoms with Crippen LogP contribution in [0, 0.1) is 0 Å². The third-order valence-electron chi connectivity index (χ3n) is 2.95. The number of carbonyl (C=O) groups is 2. The number of hydrogen-bond donors (Lipinski definition) is 4. The molecule has 0 spiro atoms. The molecule has 0 aliphatic carbocycles. The van der Waals surface area contributed by atoms with Gasteiger partial charge in [0.15, 0.2) is 0 Å². The van der Waals surface area contributed by atoms with Gasteiger partial charge in [-0.3, -0.25) is 14.6 Å². The largest absolute Gasteiger partial charge is 0.397 e. The van der Waals surface area contributed by atoms with Gasteiger partial charge >= 0.3 is 0 Å². The molecule has 110 valence electrons. The maximum Gasteiger partial charge on any atom is 0.260 e. The van der Waals surface area contributed by atoms with Gasteiger partial charge in [0.05, 0.1) is 17.3 Å². The number of nitrogen functional groups attached to an aromatic ring is 1. The van der Waals surface area contributed by atoms with Crippen LogP contribution >= 0.6 is 11.3 Å². The van der Waals surface area contributed by atoms with Gasteiger partial charge in [0.25, 0.3) is 11.8 Å². The number of nitrogens with one attached hydrogen (secondary N) is 1. The molecule has 7 N–H and O–H groups in total. The summed E-state index contributed by atoms with van der Waals surface area (Å²) in [6, 6.07) is 3.55. The van der Waals surface area contributed by atoms with Crippen LogP contribution in [0.3, 0.4) is 0 Å². The predicted molar refractivity (Wildman–Crippen MR) is 82.0 cm³/mol. The zero-order valence-electron chi connectivity index (χ0n) is 11.3. The molecule has 0 bridgehead atoms. The second kappa shape index (κ2) is 5.80. The zero-order valence-corrected chi connectivity index (χ0v) is 12.1. The molecule has 2 rings (SSSR count). The molecule has 2 heterocycles. The van der Waals surface area contributed by atoms with Crippen LogP contribution in [-0.4, -0.2) is 16.8 Å². The molecule has 2 aromatic rings. The summed E-state index contributed by atoms with van der Waals surface area (Å²) in [6.07, 6.45) is 3.37. The van der Waals surface area contributed by atoms with E-state index < -0.39 is 11.8 Å². The van der Waals surface area contributed by atoms with Gasteiger partial charge < -0.3 is 22.5 Å². The first kappa shape index (κ1) is 14.8. The van der Waals surface area contributed by atoms with Crippen molar-refractivity contribution in [3.8, 4) is 0 Å². The molecule has 0 aromatic carbocycles. The Hall–Kier alpha value is -2.61. The fraction of sp³-hybridized carbons (Fsp3) is 0.154. The SMILES string of the molecule is CC(Nc1sc(C(N)=O)c(N)c1C(N)=O)c1cccnc1. The van der Waals surface area contributed by atoms with Crippen LogP contribution < -0.4 is 22.5 Å². The summed E-state index contributed by atoms with van der Waals surface area (Å²) in [5.74, 6) is -1.40. The number of hydrogen-bond acceptors (Lipinski definition) is 6. The quantitative estimate of drug-likeness (QED) is 0.655. The van der Waals surface area contributed by atoms with Crippen LogP contribution in [0.5, 0.6) is 0 Å². The van der Waals surface area contributed by atoms with Crippen molar-refractivity contribution in [2.75, 3.05) is 11.1 Å². The molecule has 0 fully saturated rings. The van der Waals surface area contributed by atoms with Gasteiger partial charge in [-0.05, 0) is 18.6 Å². The Labute approximate surface area is 125 Å². The van der Waals surface area contributed by atoms with E-state index in [1.165, 1.54) is 0 Å². The third kappa shape index (κ3) is 2.95. The van der Waals surface area contributed by atoms with Crippen LogP contribution in [0.4, 0.5) is 10.7 Å². The molecule has 0 saturated heterocycles. The van der Waals surface area contributed by atoms with Gasteiger partial charge in [0.1, 0.15) is 9.88 Å². The zero-order chi connectivity index (χ0) is 15.6. The molecule has 2 amide bonds. The van der Waals surface area contributed by atoms with Crippen molar-refractivity contribution in [2.45, 2.75) is 13.0 Å². The van der Waals surface area contributed by atoms with E-state index in [0.29, 0.717) is 5.00 Å². The van der Waals surface area contributed by atoms with E-state index in [4.69, 9.17) is 17.2 Å². The molecule has 8 heteroatoms. The van der Waals surface area contributed by atoms with Crippen molar-refractivity contribution in [2.24, 2.45) is 11.5 Å². The number of carbonyl (C=O) groups excluding carboxylic acids is 2. The number of primary amides is 2. The molecule has 21 heavy (non-hydrogen) atoms. The lowest BCUT2D eigenvalue weighted by atomic mass is 10.1. The van der Waals surface area contributed by atoms with Gasteiger partial charge in [0, 0.05) is 12.4 Å². The Bertz CT molecular complexity index is 683. The number of thiophene rings is 1. The van der Waals surface area contributed by atoms with Crippen LogP contribution in [-0.2, 0) is 0 Å². The maximum atomic E-state index is 11.5. The Morgan fingerprint density at radius 3 is 2.57 bits per heavy atom. The average molecular weight is 305 g/mol. The second-order valence-corrected chi connectivity index (χ2v) is 5.45. The van der Waals surface area contributed by atoms with Crippen molar-refractivity contribution < 1.29 is 9.59 Å². The second-order valence-electron chi connectivity index (χ2n) is 4.43. The number of aromatic nitrogens is 1. The highest BCUT2D eigenvalue weighted by molar-refractivity contribution is 7.19. The molecular weight excluding hydrogens is 290 g/mol. The van der Waals surface area contributed by atoms with E-state index in [2.05, 4.69) is 10.3 Å². The highest BCUT2D eigenvalue weighted by atomic mass is 32.1. The van der Waals surface area contributed by atoms with Crippen LogP contribution in [0.2, 0.25) is 0 Å². The maximum absolute atomic E-state index is 11.5. The Morgan fingerprint density at radius 2 is 2.05 bits per heavy atom. The minimum absolute atomic E-state index is 0.0147. The molecule has 0 aliphatic rings. The van der Waals surface area contributed by atoms with E-state index >= 15 is 0 Å². The number of nitrogens with two attached hydrogens (primary N) is 3. The van der Waals surface area contributed by atoms with Crippen molar-refractivity contribution in [1.29, 1.82) is 0 Å². The average Bonchev–Trinajstić information content (AvgIpc) is 2.76. The van der Waals surface area contributed by atoms with Crippen molar-refractivity contribution in [3.63, 3.8) is 0 Å². The molecule has 0 saturated carbocycles. The van der Waals surface area contributed by atoms with Crippen LogP contribution in [0.25, 0.3) is 0 Å². The summed E-state index contributed by atoms with van der Waals surface area (Å²) in [7, 11) is 0. The van der Waals surface area contributed by atoms with Crippen molar-refractivity contribution in [3.05, 3.63) is 40.5 Å². The summed E-state index contributed by atoms with van der Waals surface area (Å²) in [5, 5.41) is 3.54. The molecule has 1 unspecified atom stereocenters. The number of anilines is 2. The summed E-state index contributed by atoms with van der Waals surface area (Å²) in [6.45, 7) is 1.89. The summed E-state index contributed by atoms with van der Waals surface area (Å²) < 4.78 is 0. The Kier molecular flexibility index (Phi) is 4.08. The summed E-state index contributed by atoms with van der Waals surface area (Å²) in [4.78, 5) is 27.0. The lowest BCUT2D eigenvalue weighted by molar-refractivity contribution is 0.0999. The first-order chi connectivity index (χ1) is 9.91. The minimum atomic E-state index is -0.711. The molecule has 7 nitrogen and oxygen atoms in total. The normalized spacial score (nSPS) is 11.9. The van der Waals surface area contributed by atoms with Crippen molar-refractivity contribution in [1.82, 2.24) is 4.98 Å². The van der Waals surface area contributed by atoms with Gasteiger partial charge in [-0.2, -0.15) is 0 Å². The van der Waals surface area contributed by atoms with Gasteiger partial charge in [-0.15, -0.1) is 11.3 Å². The first-order valence-electron chi connectivity index (χ1n) is 6.10. The summed E-state index contributed by atoms with van der Waals surface area (Å²) in [5.41, 5.74) is 17.4. The monoisotopic (exact) mass is 305 g/mol.